The Bertz CT molecular complexity index is 689. The van der Waals surface area contributed by atoms with Crippen LogP contribution in [-0.4, -0.2) is 18.2 Å². The number of carbonyl (C=O) groups is 1. The minimum Gasteiger partial charge on any atom is -0.496 e. The third kappa shape index (κ3) is 2.74. The Labute approximate surface area is 128 Å². The maximum atomic E-state index is 11.4. The van der Waals surface area contributed by atoms with Gasteiger partial charge in [-0.3, -0.25) is 0 Å². The molecule has 0 spiro atoms. The van der Waals surface area contributed by atoms with Gasteiger partial charge in [-0.05, 0) is 30.5 Å². The van der Waals surface area contributed by atoms with Crippen LogP contribution in [0.3, 0.4) is 0 Å². The van der Waals surface area contributed by atoms with Gasteiger partial charge in [-0.15, -0.1) is 11.3 Å². The topological polar surface area (TPSA) is 72.5 Å². The number of hydrogen-bond acceptors (Lipinski definition) is 4. The molecule has 112 valence electrons. The highest BCUT2D eigenvalue weighted by molar-refractivity contribution is 7.18. The quantitative estimate of drug-likeness (QED) is 0.890. The van der Waals surface area contributed by atoms with Crippen LogP contribution in [0.2, 0.25) is 0 Å². The third-order valence-corrected chi connectivity index (χ3v) is 4.60. The molecule has 2 rings (SSSR count). The first-order valence-corrected chi connectivity index (χ1v) is 7.48. The molecule has 0 amide bonds. The molecule has 0 bridgehead atoms. The zero-order valence-corrected chi connectivity index (χ0v) is 13.4. The van der Waals surface area contributed by atoms with Gasteiger partial charge in [0.1, 0.15) is 10.6 Å². The molecular formula is C16H19NO3S. The van der Waals surface area contributed by atoms with E-state index in [2.05, 4.69) is 0 Å². The fraction of sp³-hybridized carbons (Fsp3) is 0.312. The summed E-state index contributed by atoms with van der Waals surface area (Å²) in [5.74, 6) is -0.132. The van der Waals surface area contributed by atoms with E-state index in [1.54, 1.807) is 7.11 Å². The number of thiophene rings is 1. The van der Waals surface area contributed by atoms with Crippen LogP contribution in [0, 0.1) is 6.92 Å². The molecule has 0 saturated heterocycles. The second kappa shape index (κ2) is 5.77. The van der Waals surface area contributed by atoms with Crippen molar-refractivity contribution in [2.75, 3.05) is 12.8 Å². The average molecular weight is 305 g/mol. The molecule has 0 fully saturated rings. The first kappa shape index (κ1) is 15.4. The van der Waals surface area contributed by atoms with Gasteiger partial charge in [0.15, 0.2) is 0 Å². The van der Waals surface area contributed by atoms with E-state index in [4.69, 9.17) is 10.5 Å². The molecule has 2 aromatic rings. The summed E-state index contributed by atoms with van der Waals surface area (Å²) in [6, 6.07) is 5.86. The molecule has 5 heteroatoms. The van der Waals surface area contributed by atoms with Crippen molar-refractivity contribution in [2.24, 2.45) is 0 Å². The van der Waals surface area contributed by atoms with Crippen LogP contribution in [0.1, 0.15) is 40.6 Å². The standard InChI is InChI=1S/C16H19NO3S/c1-8(2)12-13(17)15(16(18)19)21-14(12)10-7-9(3)5-6-11(10)20-4/h5-8H,17H2,1-4H3,(H,18,19). The molecule has 0 aliphatic heterocycles. The fourth-order valence-corrected chi connectivity index (χ4v) is 3.62. The number of methoxy groups -OCH3 is 1. The van der Waals surface area contributed by atoms with E-state index in [1.165, 1.54) is 11.3 Å². The number of anilines is 1. The van der Waals surface area contributed by atoms with E-state index >= 15 is 0 Å². The molecule has 0 unspecified atom stereocenters. The second-order valence-corrected chi connectivity index (χ2v) is 6.27. The van der Waals surface area contributed by atoms with Crippen LogP contribution in [0.4, 0.5) is 5.69 Å². The normalized spacial score (nSPS) is 10.9. The van der Waals surface area contributed by atoms with E-state index in [0.717, 1.165) is 27.3 Å². The van der Waals surface area contributed by atoms with Crippen LogP contribution < -0.4 is 10.5 Å². The lowest BCUT2D eigenvalue weighted by Crippen LogP contribution is -2.01. The van der Waals surface area contributed by atoms with Gasteiger partial charge in [-0.1, -0.05) is 25.5 Å². The zero-order chi connectivity index (χ0) is 15.7. The van der Waals surface area contributed by atoms with Crippen LogP contribution in [0.5, 0.6) is 5.75 Å². The fourth-order valence-electron chi connectivity index (χ4n) is 2.39. The predicted octanol–water partition coefficient (Wildman–Crippen LogP) is 4.14. The smallest absolute Gasteiger partial charge is 0.348 e. The number of hydrogen-bond donors (Lipinski definition) is 2. The van der Waals surface area contributed by atoms with E-state index in [1.807, 2.05) is 39.0 Å². The Morgan fingerprint density at radius 1 is 1.38 bits per heavy atom. The largest absolute Gasteiger partial charge is 0.496 e. The first-order valence-electron chi connectivity index (χ1n) is 6.67. The third-order valence-electron chi connectivity index (χ3n) is 3.35. The van der Waals surface area contributed by atoms with Crippen LogP contribution in [0.15, 0.2) is 18.2 Å². The molecule has 1 aromatic heterocycles. The van der Waals surface area contributed by atoms with Gasteiger partial charge >= 0.3 is 5.97 Å². The molecule has 0 atom stereocenters. The van der Waals surface area contributed by atoms with Gasteiger partial charge in [-0.2, -0.15) is 0 Å². The monoisotopic (exact) mass is 305 g/mol. The lowest BCUT2D eigenvalue weighted by molar-refractivity contribution is 0.0703. The number of carboxylic acid groups (broad SMARTS) is 1. The average Bonchev–Trinajstić information content (AvgIpc) is 2.76. The molecule has 1 aromatic carbocycles. The van der Waals surface area contributed by atoms with Crippen LogP contribution in [-0.2, 0) is 0 Å². The zero-order valence-electron chi connectivity index (χ0n) is 12.6. The Morgan fingerprint density at radius 3 is 2.57 bits per heavy atom. The van der Waals surface area contributed by atoms with E-state index in [-0.39, 0.29) is 10.8 Å². The van der Waals surface area contributed by atoms with Crippen LogP contribution in [0.25, 0.3) is 10.4 Å². The summed E-state index contributed by atoms with van der Waals surface area (Å²) >= 11 is 1.21. The number of benzene rings is 1. The van der Waals surface area contributed by atoms with Crippen molar-refractivity contribution in [3.05, 3.63) is 34.2 Å². The van der Waals surface area contributed by atoms with Gasteiger partial charge in [-0.25, -0.2) is 4.79 Å². The van der Waals surface area contributed by atoms with Gasteiger partial charge in [0, 0.05) is 10.4 Å². The van der Waals surface area contributed by atoms with Gasteiger partial charge in [0.25, 0.3) is 0 Å². The number of ether oxygens (including phenoxy) is 1. The van der Waals surface area contributed by atoms with Gasteiger partial charge < -0.3 is 15.6 Å². The molecule has 0 aliphatic rings. The molecule has 0 radical (unpaired) electrons. The lowest BCUT2D eigenvalue weighted by atomic mass is 9.97. The summed E-state index contributed by atoms with van der Waals surface area (Å²) in [5, 5.41) is 9.31. The Balaban J connectivity index is 2.77. The highest BCUT2D eigenvalue weighted by Gasteiger charge is 2.24. The SMILES string of the molecule is COc1ccc(C)cc1-c1sc(C(=O)O)c(N)c1C(C)C. The Hall–Kier alpha value is -2.01. The molecule has 3 N–H and O–H groups in total. The minimum atomic E-state index is -0.989. The van der Waals surface area contributed by atoms with E-state index < -0.39 is 5.97 Å². The summed E-state index contributed by atoms with van der Waals surface area (Å²) in [6.07, 6.45) is 0. The number of rotatable bonds is 4. The molecule has 21 heavy (non-hydrogen) atoms. The minimum absolute atomic E-state index is 0.134. The number of aryl methyl sites for hydroxylation is 1. The summed E-state index contributed by atoms with van der Waals surface area (Å²) < 4.78 is 5.42. The predicted molar refractivity (Wildman–Crippen MR) is 86.5 cm³/mol. The molecule has 4 nitrogen and oxygen atoms in total. The molecule has 0 saturated carbocycles. The van der Waals surface area contributed by atoms with Crippen molar-refractivity contribution in [3.63, 3.8) is 0 Å². The first-order chi connectivity index (χ1) is 9.86. The van der Waals surface area contributed by atoms with Crippen molar-refractivity contribution in [1.29, 1.82) is 0 Å². The van der Waals surface area contributed by atoms with Crippen molar-refractivity contribution in [2.45, 2.75) is 26.7 Å². The maximum Gasteiger partial charge on any atom is 0.348 e. The summed E-state index contributed by atoms with van der Waals surface area (Å²) in [4.78, 5) is 12.4. The molecule has 1 heterocycles. The molecule has 0 aliphatic carbocycles. The van der Waals surface area contributed by atoms with Gasteiger partial charge in [0.05, 0.1) is 12.8 Å². The van der Waals surface area contributed by atoms with Crippen molar-refractivity contribution in [3.8, 4) is 16.2 Å². The highest BCUT2D eigenvalue weighted by Crippen LogP contribution is 2.45. The highest BCUT2D eigenvalue weighted by atomic mass is 32.1. The van der Waals surface area contributed by atoms with Gasteiger partial charge in [0.2, 0.25) is 0 Å². The second-order valence-electron chi connectivity index (χ2n) is 5.25. The summed E-state index contributed by atoms with van der Waals surface area (Å²) in [5.41, 5.74) is 9.28. The van der Waals surface area contributed by atoms with Crippen molar-refractivity contribution < 1.29 is 14.6 Å². The van der Waals surface area contributed by atoms with E-state index in [9.17, 15) is 9.90 Å². The Kier molecular flexibility index (Phi) is 4.23. The van der Waals surface area contributed by atoms with Crippen LogP contribution >= 0.6 is 11.3 Å². The number of nitrogen functional groups attached to an aromatic ring is 1. The van der Waals surface area contributed by atoms with E-state index in [0.29, 0.717) is 5.69 Å². The summed E-state index contributed by atoms with van der Waals surface area (Å²) in [7, 11) is 1.61. The summed E-state index contributed by atoms with van der Waals surface area (Å²) in [6.45, 7) is 6.01. The number of carboxylic acids is 1. The van der Waals surface area contributed by atoms with Crippen molar-refractivity contribution in [1.82, 2.24) is 0 Å². The number of aromatic carboxylic acids is 1. The molecular weight excluding hydrogens is 286 g/mol. The number of nitrogens with two attached hydrogens (primary N) is 1. The maximum absolute atomic E-state index is 11.4. The van der Waals surface area contributed by atoms with Crippen molar-refractivity contribution >= 4 is 23.0 Å². The lowest BCUT2D eigenvalue weighted by Gasteiger charge is -2.12. The Morgan fingerprint density at radius 2 is 2.05 bits per heavy atom.